The Morgan fingerprint density at radius 3 is 2.74 bits per heavy atom. The average molecular weight is 264 g/mol. The van der Waals surface area contributed by atoms with Crippen LogP contribution in [-0.2, 0) is 0 Å². The number of aromatic nitrogens is 1. The molecule has 0 saturated heterocycles. The SMILES string of the molecule is CCCCCCCCNC(=O)c1ccncc1NN. The van der Waals surface area contributed by atoms with E-state index in [2.05, 4.69) is 22.7 Å². The van der Waals surface area contributed by atoms with E-state index in [-0.39, 0.29) is 5.91 Å². The fraction of sp³-hybridized carbons (Fsp3) is 0.571. The molecule has 0 fully saturated rings. The Morgan fingerprint density at radius 2 is 2.00 bits per heavy atom. The molecule has 0 aromatic carbocycles. The van der Waals surface area contributed by atoms with E-state index in [9.17, 15) is 4.79 Å². The zero-order valence-corrected chi connectivity index (χ0v) is 11.6. The summed E-state index contributed by atoms with van der Waals surface area (Å²) in [4.78, 5) is 15.8. The van der Waals surface area contributed by atoms with Crippen molar-refractivity contribution in [2.75, 3.05) is 12.0 Å². The quantitative estimate of drug-likeness (QED) is 0.363. The van der Waals surface area contributed by atoms with Crippen molar-refractivity contribution in [2.24, 2.45) is 5.84 Å². The smallest absolute Gasteiger partial charge is 0.253 e. The first-order valence-electron chi connectivity index (χ1n) is 6.98. The molecule has 5 heteroatoms. The summed E-state index contributed by atoms with van der Waals surface area (Å²) in [5, 5.41) is 2.90. The van der Waals surface area contributed by atoms with Crippen molar-refractivity contribution in [1.29, 1.82) is 0 Å². The van der Waals surface area contributed by atoms with Crippen LogP contribution >= 0.6 is 0 Å². The molecule has 1 aromatic heterocycles. The summed E-state index contributed by atoms with van der Waals surface area (Å²) in [6, 6.07) is 1.66. The van der Waals surface area contributed by atoms with Gasteiger partial charge in [-0.25, -0.2) is 0 Å². The first-order chi connectivity index (χ1) is 9.29. The van der Waals surface area contributed by atoms with E-state index in [1.807, 2.05) is 0 Å². The van der Waals surface area contributed by atoms with Crippen molar-refractivity contribution in [3.8, 4) is 0 Å². The minimum absolute atomic E-state index is 0.107. The second-order valence-electron chi connectivity index (χ2n) is 4.59. The Morgan fingerprint density at radius 1 is 1.26 bits per heavy atom. The number of carbonyl (C=O) groups is 1. The van der Waals surface area contributed by atoms with Crippen molar-refractivity contribution < 1.29 is 4.79 Å². The fourth-order valence-corrected chi connectivity index (χ4v) is 1.91. The Kier molecular flexibility index (Phi) is 7.58. The lowest BCUT2D eigenvalue weighted by atomic mass is 10.1. The highest BCUT2D eigenvalue weighted by atomic mass is 16.1. The van der Waals surface area contributed by atoms with Gasteiger partial charge in [0.2, 0.25) is 0 Å². The van der Waals surface area contributed by atoms with Gasteiger partial charge in [-0.3, -0.25) is 15.6 Å². The van der Waals surface area contributed by atoms with Gasteiger partial charge in [0.05, 0.1) is 17.4 Å². The molecule has 0 saturated carbocycles. The van der Waals surface area contributed by atoms with Crippen LogP contribution in [0.5, 0.6) is 0 Å². The number of amides is 1. The Bertz CT molecular complexity index is 381. The van der Waals surface area contributed by atoms with Crippen molar-refractivity contribution >= 4 is 11.6 Å². The molecule has 1 heterocycles. The largest absolute Gasteiger partial charge is 0.352 e. The van der Waals surface area contributed by atoms with E-state index in [4.69, 9.17) is 5.84 Å². The number of rotatable bonds is 9. The Labute approximate surface area is 115 Å². The molecule has 0 aliphatic carbocycles. The molecule has 0 atom stereocenters. The van der Waals surface area contributed by atoms with Crippen LogP contribution in [0.25, 0.3) is 0 Å². The highest BCUT2D eigenvalue weighted by molar-refractivity contribution is 5.99. The number of hydrogen-bond acceptors (Lipinski definition) is 4. The summed E-state index contributed by atoms with van der Waals surface area (Å²) in [6.07, 6.45) is 10.4. The van der Waals surface area contributed by atoms with E-state index >= 15 is 0 Å². The summed E-state index contributed by atoms with van der Waals surface area (Å²) >= 11 is 0. The molecular formula is C14H24N4O. The van der Waals surface area contributed by atoms with Gasteiger partial charge < -0.3 is 10.7 Å². The van der Waals surface area contributed by atoms with Crippen LogP contribution in [0.1, 0.15) is 55.8 Å². The van der Waals surface area contributed by atoms with Crippen LogP contribution in [-0.4, -0.2) is 17.4 Å². The number of hydrazine groups is 1. The molecule has 106 valence electrons. The van der Waals surface area contributed by atoms with Gasteiger partial charge in [0.15, 0.2) is 0 Å². The van der Waals surface area contributed by atoms with Crippen molar-refractivity contribution in [2.45, 2.75) is 45.4 Å². The van der Waals surface area contributed by atoms with Crippen LogP contribution in [0.15, 0.2) is 18.5 Å². The molecule has 0 radical (unpaired) electrons. The lowest BCUT2D eigenvalue weighted by molar-refractivity contribution is 0.0953. The highest BCUT2D eigenvalue weighted by Crippen LogP contribution is 2.11. The molecule has 1 amide bonds. The van der Waals surface area contributed by atoms with Gasteiger partial charge in [-0.15, -0.1) is 0 Å². The molecule has 4 N–H and O–H groups in total. The number of hydrogen-bond donors (Lipinski definition) is 3. The zero-order chi connectivity index (χ0) is 13.9. The number of nitrogen functional groups attached to an aromatic ring is 1. The third kappa shape index (κ3) is 5.70. The van der Waals surface area contributed by atoms with Crippen molar-refractivity contribution in [3.63, 3.8) is 0 Å². The van der Waals surface area contributed by atoms with Crippen LogP contribution in [0.2, 0.25) is 0 Å². The summed E-state index contributed by atoms with van der Waals surface area (Å²) in [5.41, 5.74) is 3.55. The summed E-state index contributed by atoms with van der Waals surface area (Å²) in [5.74, 6) is 5.23. The molecule has 1 aromatic rings. The maximum absolute atomic E-state index is 11.9. The molecule has 1 rings (SSSR count). The van der Waals surface area contributed by atoms with Gasteiger partial charge in [0, 0.05) is 12.7 Å². The first kappa shape index (κ1) is 15.4. The molecule has 0 unspecified atom stereocenters. The van der Waals surface area contributed by atoms with Gasteiger partial charge in [-0.2, -0.15) is 0 Å². The lowest BCUT2D eigenvalue weighted by Gasteiger charge is -2.08. The van der Waals surface area contributed by atoms with E-state index in [0.717, 1.165) is 6.42 Å². The summed E-state index contributed by atoms with van der Waals surface area (Å²) < 4.78 is 0. The molecule has 0 aliphatic heterocycles. The van der Waals surface area contributed by atoms with E-state index in [0.29, 0.717) is 17.8 Å². The van der Waals surface area contributed by atoms with Crippen LogP contribution in [0, 0.1) is 0 Å². The van der Waals surface area contributed by atoms with Gasteiger partial charge in [0.1, 0.15) is 0 Å². The van der Waals surface area contributed by atoms with E-state index in [1.165, 1.54) is 32.1 Å². The number of nitrogens with two attached hydrogens (primary N) is 1. The molecule has 0 aliphatic rings. The monoisotopic (exact) mass is 264 g/mol. The van der Waals surface area contributed by atoms with Crippen molar-refractivity contribution in [1.82, 2.24) is 10.3 Å². The van der Waals surface area contributed by atoms with E-state index in [1.54, 1.807) is 18.5 Å². The van der Waals surface area contributed by atoms with Crippen LogP contribution in [0.3, 0.4) is 0 Å². The summed E-state index contributed by atoms with van der Waals surface area (Å²) in [6.45, 7) is 2.91. The predicted octanol–water partition coefficient (Wildman–Crippen LogP) is 2.46. The number of unbranched alkanes of at least 4 members (excludes halogenated alkanes) is 5. The Hall–Kier alpha value is -1.62. The molecule has 19 heavy (non-hydrogen) atoms. The van der Waals surface area contributed by atoms with Crippen LogP contribution in [0.4, 0.5) is 5.69 Å². The highest BCUT2D eigenvalue weighted by Gasteiger charge is 2.09. The molecular weight excluding hydrogens is 240 g/mol. The van der Waals surface area contributed by atoms with E-state index < -0.39 is 0 Å². The number of nitrogens with one attached hydrogen (secondary N) is 2. The Balaban J connectivity index is 2.24. The minimum Gasteiger partial charge on any atom is -0.352 e. The number of pyridine rings is 1. The van der Waals surface area contributed by atoms with Gasteiger partial charge in [0.25, 0.3) is 5.91 Å². The maximum Gasteiger partial charge on any atom is 0.253 e. The maximum atomic E-state index is 11.9. The molecule has 5 nitrogen and oxygen atoms in total. The third-order valence-corrected chi connectivity index (χ3v) is 3.04. The predicted molar refractivity (Wildman–Crippen MR) is 77.8 cm³/mol. The van der Waals surface area contributed by atoms with Crippen molar-refractivity contribution in [3.05, 3.63) is 24.0 Å². The average Bonchev–Trinajstić information content (AvgIpc) is 2.46. The topological polar surface area (TPSA) is 80.0 Å². The van der Waals surface area contributed by atoms with Gasteiger partial charge >= 0.3 is 0 Å². The number of anilines is 1. The third-order valence-electron chi connectivity index (χ3n) is 3.04. The van der Waals surface area contributed by atoms with Gasteiger partial charge in [-0.05, 0) is 12.5 Å². The fourth-order valence-electron chi connectivity index (χ4n) is 1.91. The summed E-state index contributed by atoms with van der Waals surface area (Å²) in [7, 11) is 0. The minimum atomic E-state index is -0.107. The standard InChI is InChI=1S/C14H24N4O/c1-2-3-4-5-6-7-9-17-14(19)12-8-10-16-11-13(12)18-15/h8,10-11,18H,2-7,9,15H2,1H3,(H,17,19). The second-order valence-corrected chi connectivity index (χ2v) is 4.59. The zero-order valence-electron chi connectivity index (χ0n) is 11.6. The number of nitrogens with zero attached hydrogens (tertiary/aromatic N) is 1. The lowest BCUT2D eigenvalue weighted by Crippen LogP contribution is -2.26. The number of carbonyl (C=O) groups excluding carboxylic acids is 1. The molecule has 0 spiro atoms. The van der Waals surface area contributed by atoms with Gasteiger partial charge in [-0.1, -0.05) is 39.0 Å². The van der Waals surface area contributed by atoms with Crippen LogP contribution < -0.4 is 16.6 Å². The molecule has 0 bridgehead atoms. The second kappa shape index (κ2) is 9.33. The normalized spacial score (nSPS) is 10.2. The first-order valence-corrected chi connectivity index (χ1v) is 6.98.